The predicted molar refractivity (Wildman–Crippen MR) is 72.7 cm³/mol. The normalized spacial score (nSPS) is 22.1. The van der Waals surface area contributed by atoms with Crippen LogP contribution in [0.3, 0.4) is 0 Å². The number of aliphatic imine (C=N–C) groups is 2. The highest BCUT2D eigenvalue weighted by Gasteiger charge is 2.15. The summed E-state index contributed by atoms with van der Waals surface area (Å²) in [7, 11) is 0. The molecule has 16 heavy (non-hydrogen) atoms. The maximum absolute atomic E-state index is 4.68. The summed E-state index contributed by atoms with van der Waals surface area (Å²) in [6.07, 6.45) is 8.06. The van der Waals surface area contributed by atoms with Gasteiger partial charge in [-0.05, 0) is 53.7 Å². The Balaban J connectivity index is 3.09. The quantitative estimate of drug-likeness (QED) is 0.555. The van der Waals surface area contributed by atoms with Gasteiger partial charge in [0.2, 0.25) is 0 Å². The Labute approximate surface area is 98.9 Å². The van der Waals surface area contributed by atoms with Crippen LogP contribution in [-0.4, -0.2) is 22.5 Å². The van der Waals surface area contributed by atoms with E-state index in [1.807, 2.05) is 24.3 Å². The predicted octanol–water partition coefficient (Wildman–Crippen LogP) is 3.59. The lowest BCUT2D eigenvalue weighted by molar-refractivity contribution is 0.580. The molecule has 0 aliphatic heterocycles. The largest absolute Gasteiger partial charge is 0.277 e. The van der Waals surface area contributed by atoms with E-state index in [1.54, 1.807) is 0 Å². The fourth-order valence-electron chi connectivity index (χ4n) is 1.38. The standard InChI is InChI=1S/C14H22N2/c1-13(2,3)15-11-9-7-8-10-12(11)16-14(4,5)6/h7-10H,1-6H3. The molecule has 0 unspecified atom stereocenters. The summed E-state index contributed by atoms with van der Waals surface area (Å²) >= 11 is 0. The second-order valence-electron chi connectivity index (χ2n) is 6.05. The average Bonchev–Trinajstić information content (AvgIpc) is 2.03. The van der Waals surface area contributed by atoms with E-state index in [2.05, 4.69) is 51.5 Å². The first-order chi connectivity index (χ1) is 7.17. The molecular weight excluding hydrogens is 196 g/mol. The van der Waals surface area contributed by atoms with E-state index in [0.29, 0.717) is 0 Å². The minimum absolute atomic E-state index is 0.0660. The van der Waals surface area contributed by atoms with Crippen LogP contribution in [0.2, 0.25) is 0 Å². The molecule has 0 N–H and O–H groups in total. The van der Waals surface area contributed by atoms with Gasteiger partial charge in [0.05, 0.1) is 22.5 Å². The van der Waals surface area contributed by atoms with Gasteiger partial charge in [-0.1, -0.05) is 12.2 Å². The summed E-state index contributed by atoms with van der Waals surface area (Å²) in [5, 5.41) is 0. The van der Waals surface area contributed by atoms with E-state index < -0.39 is 0 Å². The molecule has 0 spiro atoms. The van der Waals surface area contributed by atoms with Crippen molar-refractivity contribution in [3.63, 3.8) is 0 Å². The van der Waals surface area contributed by atoms with Crippen LogP contribution in [0.15, 0.2) is 34.3 Å². The van der Waals surface area contributed by atoms with Gasteiger partial charge < -0.3 is 0 Å². The van der Waals surface area contributed by atoms with Gasteiger partial charge in [0.1, 0.15) is 0 Å². The second-order valence-corrected chi connectivity index (χ2v) is 6.05. The molecule has 0 saturated heterocycles. The van der Waals surface area contributed by atoms with E-state index in [0.717, 1.165) is 11.4 Å². The smallest absolute Gasteiger partial charge is 0.0833 e. The Bertz CT molecular complexity index is 331. The van der Waals surface area contributed by atoms with Gasteiger partial charge in [-0.3, -0.25) is 9.98 Å². The average molecular weight is 218 g/mol. The molecule has 0 saturated carbocycles. The zero-order chi connectivity index (χ0) is 12.4. The van der Waals surface area contributed by atoms with Gasteiger partial charge in [-0.2, -0.15) is 0 Å². The lowest BCUT2D eigenvalue weighted by Crippen LogP contribution is -2.23. The van der Waals surface area contributed by atoms with Crippen LogP contribution in [-0.2, 0) is 0 Å². The van der Waals surface area contributed by atoms with E-state index in [9.17, 15) is 0 Å². The van der Waals surface area contributed by atoms with Gasteiger partial charge in [0.15, 0.2) is 0 Å². The van der Waals surface area contributed by atoms with Gasteiger partial charge >= 0.3 is 0 Å². The van der Waals surface area contributed by atoms with Crippen LogP contribution in [0.1, 0.15) is 41.5 Å². The zero-order valence-electron chi connectivity index (χ0n) is 11.2. The maximum Gasteiger partial charge on any atom is 0.0833 e. The van der Waals surface area contributed by atoms with Crippen molar-refractivity contribution in [2.24, 2.45) is 9.98 Å². The summed E-state index contributed by atoms with van der Waals surface area (Å²) in [5.41, 5.74) is 1.82. The van der Waals surface area contributed by atoms with Gasteiger partial charge in [-0.25, -0.2) is 0 Å². The fraction of sp³-hybridized carbons (Fsp3) is 0.571. The van der Waals surface area contributed by atoms with Gasteiger partial charge in [-0.15, -0.1) is 0 Å². The Morgan fingerprint density at radius 1 is 0.688 bits per heavy atom. The van der Waals surface area contributed by atoms with Crippen molar-refractivity contribution in [1.29, 1.82) is 0 Å². The minimum Gasteiger partial charge on any atom is -0.277 e. The number of allylic oxidation sites excluding steroid dienone is 4. The lowest BCUT2D eigenvalue weighted by atomic mass is 10.0. The zero-order valence-corrected chi connectivity index (χ0v) is 11.2. The minimum atomic E-state index is -0.0660. The highest BCUT2D eigenvalue weighted by molar-refractivity contribution is 6.51. The number of hydrogen-bond acceptors (Lipinski definition) is 2. The molecule has 1 aliphatic carbocycles. The van der Waals surface area contributed by atoms with Crippen LogP contribution < -0.4 is 0 Å². The second kappa shape index (κ2) is 4.36. The van der Waals surface area contributed by atoms with Crippen molar-refractivity contribution >= 4 is 11.4 Å². The molecule has 2 nitrogen and oxygen atoms in total. The molecule has 0 heterocycles. The summed E-state index contributed by atoms with van der Waals surface area (Å²) in [6, 6.07) is 0. The van der Waals surface area contributed by atoms with Crippen molar-refractivity contribution in [3.8, 4) is 0 Å². The molecule has 88 valence electrons. The van der Waals surface area contributed by atoms with E-state index in [-0.39, 0.29) is 11.1 Å². The van der Waals surface area contributed by atoms with E-state index in [4.69, 9.17) is 0 Å². The molecular formula is C14H22N2. The topological polar surface area (TPSA) is 24.7 Å². The fourth-order valence-corrected chi connectivity index (χ4v) is 1.38. The molecule has 0 radical (unpaired) electrons. The summed E-state index contributed by atoms with van der Waals surface area (Å²) < 4.78 is 0. The van der Waals surface area contributed by atoms with Crippen molar-refractivity contribution < 1.29 is 0 Å². The summed E-state index contributed by atoms with van der Waals surface area (Å²) in [6.45, 7) is 12.6. The Morgan fingerprint density at radius 3 is 1.25 bits per heavy atom. The Kier molecular flexibility index (Phi) is 3.51. The first-order valence-electron chi connectivity index (χ1n) is 5.72. The molecule has 0 bridgehead atoms. The first kappa shape index (κ1) is 12.9. The van der Waals surface area contributed by atoms with E-state index >= 15 is 0 Å². The molecule has 0 aromatic carbocycles. The molecule has 1 aliphatic rings. The van der Waals surface area contributed by atoms with Crippen molar-refractivity contribution in [1.82, 2.24) is 0 Å². The van der Waals surface area contributed by atoms with Gasteiger partial charge in [0.25, 0.3) is 0 Å². The molecule has 0 atom stereocenters. The third-order valence-corrected chi connectivity index (χ3v) is 1.79. The molecule has 0 fully saturated rings. The number of nitrogens with zero attached hydrogens (tertiary/aromatic N) is 2. The lowest BCUT2D eigenvalue weighted by Gasteiger charge is -2.19. The molecule has 0 aromatic rings. The molecule has 2 heteroatoms. The number of hydrogen-bond donors (Lipinski definition) is 0. The van der Waals surface area contributed by atoms with Crippen LogP contribution in [0.25, 0.3) is 0 Å². The van der Waals surface area contributed by atoms with Crippen LogP contribution in [0.4, 0.5) is 0 Å². The van der Waals surface area contributed by atoms with Crippen molar-refractivity contribution in [2.75, 3.05) is 0 Å². The SMILES string of the molecule is CC(C)(C)N=C1C=CC=CC1=NC(C)(C)C. The number of rotatable bonds is 0. The highest BCUT2D eigenvalue weighted by atomic mass is 14.9. The molecule has 0 amide bonds. The monoisotopic (exact) mass is 218 g/mol. The van der Waals surface area contributed by atoms with Crippen LogP contribution in [0.5, 0.6) is 0 Å². The third-order valence-electron chi connectivity index (χ3n) is 1.79. The third kappa shape index (κ3) is 4.56. The highest BCUT2D eigenvalue weighted by Crippen LogP contribution is 2.13. The molecule has 1 rings (SSSR count). The van der Waals surface area contributed by atoms with Gasteiger partial charge in [0, 0.05) is 0 Å². The van der Waals surface area contributed by atoms with Crippen LogP contribution in [0, 0.1) is 0 Å². The first-order valence-corrected chi connectivity index (χ1v) is 5.72. The van der Waals surface area contributed by atoms with Crippen LogP contribution >= 0.6 is 0 Å². The summed E-state index contributed by atoms with van der Waals surface area (Å²) in [5.74, 6) is 0. The maximum atomic E-state index is 4.68. The Hall–Kier alpha value is -1.18. The summed E-state index contributed by atoms with van der Waals surface area (Å²) in [4.78, 5) is 9.36. The Morgan fingerprint density at radius 2 is 1.00 bits per heavy atom. The van der Waals surface area contributed by atoms with Crippen molar-refractivity contribution in [3.05, 3.63) is 24.3 Å². The molecule has 0 aromatic heterocycles. The van der Waals surface area contributed by atoms with Crippen molar-refractivity contribution in [2.45, 2.75) is 52.6 Å². The van der Waals surface area contributed by atoms with E-state index in [1.165, 1.54) is 0 Å².